The molecule has 0 amide bonds. The average molecular weight is 361 g/mol. The molecule has 0 bridgehead atoms. The fourth-order valence-corrected chi connectivity index (χ4v) is 3.25. The Morgan fingerprint density at radius 3 is 2.58 bits per heavy atom. The maximum absolute atomic E-state index is 12.3. The molecule has 5 nitrogen and oxygen atoms in total. The second-order valence-corrected chi connectivity index (χ2v) is 7.03. The molecule has 0 fully saturated rings. The molecule has 2 N–H and O–H groups in total. The number of aryl methyl sites for hydroxylation is 1. The van der Waals surface area contributed by atoms with Crippen molar-refractivity contribution >= 4 is 38.0 Å². The molecule has 2 aromatic rings. The third kappa shape index (κ3) is 2.70. The fourth-order valence-electron chi connectivity index (χ4n) is 1.51. The van der Waals surface area contributed by atoms with Gasteiger partial charge in [-0.2, -0.15) is 0 Å². The van der Waals surface area contributed by atoms with Gasteiger partial charge < -0.3 is 4.98 Å². The van der Waals surface area contributed by atoms with E-state index in [1.807, 2.05) is 0 Å². The Bertz CT molecular complexity index is 853. The molecule has 0 saturated carbocycles. The molecule has 1 aromatic heterocycles. The molecule has 0 aliphatic carbocycles. The highest BCUT2D eigenvalue weighted by atomic mass is 79.9. The summed E-state index contributed by atoms with van der Waals surface area (Å²) in [7, 11) is -3.87. The topological polar surface area (TPSA) is 82.8 Å². The molecule has 0 unspecified atom stereocenters. The highest BCUT2D eigenvalue weighted by Gasteiger charge is 2.21. The monoisotopic (exact) mass is 360 g/mol. The van der Waals surface area contributed by atoms with Crippen molar-refractivity contribution in [3.8, 4) is 0 Å². The van der Waals surface area contributed by atoms with E-state index < -0.39 is 15.4 Å². The highest BCUT2D eigenvalue weighted by Crippen LogP contribution is 2.23. The maximum Gasteiger partial charge on any atom is 0.270 e. The van der Waals surface area contributed by atoms with Gasteiger partial charge in [0.05, 0.1) is 4.90 Å². The molecule has 0 saturated heterocycles. The zero-order valence-corrected chi connectivity index (χ0v) is 12.9. The Balaban J connectivity index is 2.68. The van der Waals surface area contributed by atoms with Gasteiger partial charge in [0.1, 0.15) is 0 Å². The molecule has 0 aliphatic heterocycles. The van der Waals surface area contributed by atoms with Crippen molar-refractivity contribution in [3.05, 3.63) is 49.6 Å². The molecule has 1 heterocycles. The molecule has 0 aliphatic rings. The number of benzene rings is 1. The fraction of sp³-hybridized carbons (Fsp3) is 0.0909. The summed E-state index contributed by atoms with van der Waals surface area (Å²) in [4.78, 5) is 16.2. The standard InChI is InChI=1S/C11H9BrN2O3S2/c1-6-4-7(2-3-8(6)12)19(16,17)9-5-13-11(18)14-10(9)15/h2-5H,1H3,(H2,13,14,15,18). The lowest BCUT2D eigenvalue weighted by atomic mass is 10.2. The Kier molecular flexibility index (Phi) is 3.75. The molecule has 0 spiro atoms. The van der Waals surface area contributed by atoms with Crippen LogP contribution in [0.4, 0.5) is 0 Å². The lowest BCUT2D eigenvalue weighted by Crippen LogP contribution is -2.18. The number of aromatic amines is 2. The molecule has 0 atom stereocenters. The number of halogens is 1. The van der Waals surface area contributed by atoms with Crippen molar-refractivity contribution in [2.24, 2.45) is 0 Å². The van der Waals surface area contributed by atoms with Crippen molar-refractivity contribution in [1.82, 2.24) is 9.97 Å². The first kappa shape index (κ1) is 14.2. The van der Waals surface area contributed by atoms with E-state index in [1.54, 1.807) is 13.0 Å². The van der Waals surface area contributed by atoms with E-state index in [0.29, 0.717) is 0 Å². The van der Waals surface area contributed by atoms with Crippen LogP contribution < -0.4 is 5.56 Å². The highest BCUT2D eigenvalue weighted by molar-refractivity contribution is 9.10. The quantitative estimate of drug-likeness (QED) is 0.805. The van der Waals surface area contributed by atoms with Crippen LogP contribution >= 0.6 is 28.1 Å². The molecule has 0 radical (unpaired) electrons. The molecule has 19 heavy (non-hydrogen) atoms. The van der Waals surface area contributed by atoms with Crippen LogP contribution in [0.3, 0.4) is 0 Å². The van der Waals surface area contributed by atoms with Gasteiger partial charge >= 0.3 is 0 Å². The van der Waals surface area contributed by atoms with Gasteiger partial charge in [-0.25, -0.2) is 8.42 Å². The number of hydrogen-bond acceptors (Lipinski definition) is 4. The second kappa shape index (κ2) is 5.03. The molecule has 100 valence electrons. The van der Waals surface area contributed by atoms with Gasteiger partial charge in [0.2, 0.25) is 9.84 Å². The Labute approximate surface area is 122 Å². The van der Waals surface area contributed by atoms with Crippen LogP contribution in [0, 0.1) is 11.7 Å². The Hall–Kier alpha value is -1.25. The SMILES string of the molecule is Cc1cc(S(=O)(=O)c2c[nH]c(=S)[nH]c2=O)ccc1Br. The van der Waals surface area contributed by atoms with E-state index in [0.717, 1.165) is 16.2 Å². The summed E-state index contributed by atoms with van der Waals surface area (Å²) >= 11 is 8.02. The number of aromatic nitrogens is 2. The molecular formula is C11H9BrN2O3S2. The van der Waals surface area contributed by atoms with E-state index in [9.17, 15) is 13.2 Å². The molecule has 1 aromatic carbocycles. The van der Waals surface area contributed by atoms with E-state index in [-0.39, 0.29) is 14.6 Å². The van der Waals surface area contributed by atoms with E-state index in [1.165, 1.54) is 12.1 Å². The zero-order valence-electron chi connectivity index (χ0n) is 9.73. The van der Waals surface area contributed by atoms with Gasteiger partial charge in [-0.3, -0.25) is 9.78 Å². The van der Waals surface area contributed by atoms with Crippen LogP contribution in [0.5, 0.6) is 0 Å². The summed E-state index contributed by atoms with van der Waals surface area (Å²) in [5.74, 6) is 0. The van der Waals surface area contributed by atoms with Crippen LogP contribution in [0.15, 0.2) is 43.5 Å². The minimum absolute atomic E-state index is 0.0595. The van der Waals surface area contributed by atoms with Crippen LogP contribution in [-0.2, 0) is 9.84 Å². The molecule has 2 rings (SSSR count). The van der Waals surface area contributed by atoms with Crippen LogP contribution in [-0.4, -0.2) is 18.4 Å². The van der Waals surface area contributed by atoms with Gasteiger partial charge in [-0.05, 0) is 42.9 Å². The number of rotatable bonds is 2. The number of H-pyrrole nitrogens is 2. The number of hydrogen-bond donors (Lipinski definition) is 2. The number of nitrogens with one attached hydrogen (secondary N) is 2. The first-order valence-electron chi connectivity index (χ1n) is 5.15. The molecule has 8 heteroatoms. The van der Waals surface area contributed by atoms with Crippen LogP contribution in [0.2, 0.25) is 0 Å². The predicted octanol–water partition coefficient (Wildman–Crippen LogP) is 2.34. The first-order chi connectivity index (χ1) is 8.82. The van der Waals surface area contributed by atoms with E-state index >= 15 is 0 Å². The van der Waals surface area contributed by atoms with Crippen molar-refractivity contribution in [3.63, 3.8) is 0 Å². The van der Waals surface area contributed by atoms with Gasteiger partial charge in [-0.1, -0.05) is 15.9 Å². The average Bonchev–Trinajstić information content (AvgIpc) is 2.32. The minimum atomic E-state index is -3.87. The molecular weight excluding hydrogens is 352 g/mol. The summed E-state index contributed by atoms with van der Waals surface area (Å²) in [6, 6.07) is 4.56. The second-order valence-electron chi connectivity index (χ2n) is 3.85. The maximum atomic E-state index is 12.3. The van der Waals surface area contributed by atoms with Crippen LogP contribution in [0.1, 0.15) is 5.56 Å². The largest absolute Gasteiger partial charge is 0.337 e. The van der Waals surface area contributed by atoms with Gasteiger partial charge in [0.15, 0.2) is 9.67 Å². The van der Waals surface area contributed by atoms with Gasteiger partial charge in [0.25, 0.3) is 5.56 Å². The summed E-state index contributed by atoms with van der Waals surface area (Å²) in [6.45, 7) is 1.77. The smallest absolute Gasteiger partial charge is 0.270 e. The lowest BCUT2D eigenvalue weighted by molar-refractivity contribution is 0.594. The van der Waals surface area contributed by atoms with Crippen molar-refractivity contribution in [2.75, 3.05) is 0 Å². The van der Waals surface area contributed by atoms with Crippen molar-refractivity contribution in [2.45, 2.75) is 16.7 Å². The summed E-state index contributed by atoms with van der Waals surface area (Å²) in [5.41, 5.74) is 0.0331. The van der Waals surface area contributed by atoms with E-state index in [2.05, 4.69) is 25.9 Å². The van der Waals surface area contributed by atoms with E-state index in [4.69, 9.17) is 12.2 Å². The van der Waals surface area contributed by atoms with Crippen LogP contribution in [0.25, 0.3) is 0 Å². The third-order valence-corrected chi connectivity index (χ3v) is 5.38. The Morgan fingerprint density at radius 2 is 2.00 bits per heavy atom. The minimum Gasteiger partial charge on any atom is -0.337 e. The van der Waals surface area contributed by atoms with Gasteiger partial charge in [0, 0.05) is 10.7 Å². The summed E-state index contributed by atoms with van der Waals surface area (Å²) in [5, 5.41) is 0. The normalized spacial score (nSPS) is 11.5. The van der Waals surface area contributed by atoms with Gasteiger partial charge in [-0.15, -0.1) is 0 Å². The van der Waals surface area contributed by atoms with Crippen molar-refractivity contribution < 1.29 is 8.42 Å². The first-order valence-corrected chi connectivity index (χ1v) is 7.84. The zero-order chi connectivity index (χ0) is 14.2. The predicted molar refractivity (Wildman–Crippen MR) is 76.6 cm³/mol. The number of sulfone groups is 1. The lowest BCUT2D eigenvalue weighted by Gasteiger charge is -2.05. The van der Waals surface area contributed by atoms with Crippen molar-refractivity contribution in [1.29, 1.82) is 0 Å². The third-order valence-electron chi connectivity index (χ3n) is 2.51. The summed E-state index contributed by atoms with van der Waals surface area (Å²) in [6.07, 6.45) is 1.11. The summed E-state index contributed by atoms with van der Waals surface area (Å²) < 4.78 is 25.6. The Morgan fingerprint density at radius 1 is 1.32 bits per heavy atom.